The van der Waals surface area contributed by atoms with E-state index in [1.54, 1.807) is 18.2 Å². The number of anilines is 1. The topological polar surface area (TPSA) is 117 Å². The van der Waals surface area contributed by atoms with Crippen LogP contribution in [0, 0.1) is 10.1 Å². The summed E-state index contributed by atoms with van der Waals surface area (Å²) in [5, 5.41) is 13.2. The van der Waals surface area contributed by atoms with E-state index in [0.717, 1.165) is 6.07 Å². The zero-order valence-electron chi connectivity index (χ0n) is 15.2. The highest BCUT2D eigenvalue weighted by Crippen LogP contribution is 2.30. The molecule has 0 spiro atoms. The Labute approximate surface area is 165 Å². The number of nitrogens with one attached hydrogen (secondary N) is 1. The first kappa shape index (κ1) is 21.0. The van der Waals surface area contributed by atoms with Crippen LogP contribution in [0.3, 0.4) is 0 Å². The summed E-state index contributed by atoms with van der Waals surface area (Å²) in [6.45, 7) is 1.37. The van der Waals surface area contributed by atoms with E-state index in [2.05, 4.69) is 5.32 Å². The molecule has 0 radical (unpaired) electrons. The number of halogens is 1. The fourth-order valence-corrected chi connectivity index (χ4v) is 2.50. The first-order valence-corrected chi connectivity index (χ1v) is 8.33. The number of non-ortho nitro benzene ring substituents is 1. The van der Waals surface area contributed by atoms with Crippen molar-refractivity contribution in [3.8, 4) is 11.5 Å². The van der Waals surface area contributed by atoms with Crippen molar-refractivity contribution in [3.63, 3.8) is 0 Å². The number of benzene rings is 2. The van der Waals surface area contributed by atoms with Crippen molar-refractivity contribution in [1.29, 1.82) is 0 Å². The molecule has 1 N–H and O–H groups in total. The van der Waals surface area contributed by atoms with Gasteiger partial charge < -0.3 is 19.5 Å². The summed E-state index contributed by atoms with van der Waals surface area (Å²) in [4.78, 5) is 34.9. The van der Waals surface area contributed by atoms with E-state index in [-0.39, 0.29) is 33.5 Å². The van der Waals surface area contributed by atoms with Crippen LogP contribution < -0.4 is 14.8 Å². The third-order valence-electron chi connectivity index (χ3n) is 3.71. The second kappa shape index (κ2) is 9.05. The summed E-state index contributed by atoms with van der Waals surface area (Å²) in [5.74, 6) is -1.02. The molecular formula is C18H17ClN2O7. The lowest BCUT2D eigenvalue weighted by Crippen LogP contribution is -2.30. The van der Waals surface area contributed by atoms with Crippen LogP contribution in [-0.2, 0) is 9.53 Å². The normalized spacial score (nSPS) is 11.3. The minimum Gasteiger partial charge on any atom is -0.496 e. The van der Waals surface area contributed by atoms with Gasteiger partial charge in [0.2, 0.25) is 0 Å². The third kappa shape index (κ3) is 4.68. The average molecular weight is 409 g/mol. The SMILES string of the molecule is COc1cccc(OC)c1C(=O)OC(C)C(=O)Nc1ccc([N+](=O)[O-])cc1Cl. The van der Waals surface area contributed by atoms with E-state index in [1.165, 1.54) is 33.3 Å². The first-order chi connectivity index (χ1) is 13.3. The summed E-state index contributed by atoms with van der Waals surface area (Å²) >= 11 is 5.94. The standard InChI is InChI=1S/C18H17ClN2O7/c1-10(17(22)20-13-8-7-11(21(24)25)9-12(13)19)28-18(23)16-14(26-2)5-4-6-15(16)27-3/h4-10H,1-3H3,(H,20,22). The monoisotopic (exact) mass is 408 g/mol. The van der Waals surface area contributed by atoms with Gasteiger partial charge in [-0.05, 0) is 25.1 Å². The maximum absolute atomic E-state index is 12.5. The predicted octanol–water partition coefficient (Wildman–Crippen LogP) is 3.45. The van der Waals surface area contributed by atoms with Crippen molar-refractivity contribution < 1.29 is 28.7 Å². The van der Waals surface area contributed by atoms with E-state index >= 15 is 0 Å². The van der Waals surface area contributed by atoms with E-state index < -0.39 is 22.9 Å². The van der Waals surface area contributed by atoms with Gasteiger partial charge in [-0.2, -0.15) is 0 Å². The number of nitro benzene ring substituents is 1. The van der Waals surface area contributed by atoms with Crippen molar-refractivity contribution in [2.75, 3.05) is 19.5 Å². The number of amides is 1. The number of hydrogen-bond acceptors (Lipinski definition) is 7. The fourth-order valence-electron chi connectivity index (χ4n) is 2.28. The van der Waals surface area contributed by atoms with Crippen molar-refractivity contribution in [3.05, 3.63) is 57.1 Å². The van der Waals surface area contributed by atoms with Crippen LogP contribution in [0.25, 0.3) is 0 Å². The molecule has 1 atom stereocenters. The maximum atomic E-state index is 12.5. The highest BCUT2D eigenvalue weighted by atomic mass is 35.5. The number of ether oxygens (including phenoxy) is 3. The summed E-state index contributed by atoms with van der Waals surface area (Å²) in [6.07, 6.45) is -1.19. The van der Waals surface area contributed by atoms with Gasteiger partial charge in [-0.15, -0.1) is 0 Å². The Balaban J connectivity index is 2.13. The minimum atomic E-state index is -1.19. The zero-order valence-corrected chi connectivity index (χ0v) is 16.0. The number of esters is 1. The largest absolute Gasteiger partial charge is 0.496 e. The van der Waals surface area contributed by atoms with Crippen LogP contribution in [0.5, 0.6) is 11.5 Å². The van der Waals surface area contributed by atoms with Gasteiger partial charge in [-0.1, -0.05) is 17.7 Å². The number of nitro groups is 1. The highest BCUT2D eigenvalue weighted by Gasteiger charge is 2.25. The van der Waals surface area contributed by atoms with E-state index in [1.807, 2.05) is 0 Å². The number of methoxy groups -OCH3 is 2. The zero-order chi connectivity index (χ0) is 20.8. The number of nitrogens with zero attached hydrogens (tertiary/aromatic N) is 1. The molecule has 0 aliphatic rings. The molecule has 2 aromatic rings. The molecule has 148 valence electrons. The second-order valence-electron chi connectivity index (χ2n) is 5.50. The number of carbonyl (C=O) groups is 2. The van der Waals surface area contributed by atoms with Gasteiger partial charge in [0, 0.05) is 12.1 Å². The molecule has 28 heavy (non-hydrogen) atoms. The van der Waals surface area contributed by atoms with Crippen LogP contribution in [-0.4, -0.2) is 37.1 Å². The Bertz CT molecular complexity index is 895. The lowest BCUT2D eigenvalue weighted by molar-refractivity contribution is -0.384. The van der Waals surface area contributed by atoms with E-state index in [4.69, 9.17) is 25.8 Å². The van der Waals surface area contributed by atoms with Gasteiger partial charge in [-0.25, -0.2) is 4.79 Å². The highest BCUT2D eigenvalue weighted by molar-refractivity contribution is 6.34. The molecule has 0 heterocycles. The summed E-state index contributed by atoms with van der Waals surface area (Å²) in [5.41, 5.74) is -0.0266. The average Bonchev–Trinajstić information content (AvgIpc) is 2.68. The van der Waals surface area contributed by atoms with Crippen LogP contribution in [0.2, 0.25) is 5.02 Å². The van der Waals surface area contributed by atoms with Gasteiger partial charge >= 0.3 is 5.97 Å². The molecule has 9 nitrogen and oxygen atoms in total. The Morgan fingerprint density at radius 1 is 1.14 bits per heavy atom. The van der Waals surface area contributed by atoms with E-state index in [9.17, 15) is 19.7 Å². The smallest absolute Gasteiger partial charge is 0.346 e. The minimum absolute atomic E-state index is 0.0209. The lowest BCUT2D eigenvalue weighted by Gasteiger charge is -2.16. The molecule has 1 amide bonds. The molecule has 10 heteroatoms. The molecular weight excluding hydrogens is 392 g/mol. The molecule has 0 fully saturated rings. The quantitative estimate of drug-likeness (QED) is 0.423. The fraction of sp³-hybridized carbons (Fsp3) is 0.222. The van der Waals surface area contributed by atoms with E-state index in [0.29, 0.717) is 0 Å². The van der Waals surface area contributed by atoms with Gasteiger partial charge in [0.25, 0.3) is 11.6 Å². The second-order valence-corrected chi connectivity index (χ2v) is 5.90. The van der Waals surface area contributed by atoms with Crippen molar-refractivity contribution in [2.24, 2.45) is 0 Å². The van der Waals surface area contributed by atoms with Crippen LogP contribution in [0.15, 0.2) is 36.4 Å². The maximum Gasteiger partial charge on any atom is 0.346 e. The summed E-state index contributed by atoms with van der Waals surface area (Å²) < 4.78 is 15.5. The molecule has 1 unspecified atom stereocenters. The van der Waals surface area contributed by atoms with Gasteiger partial charge in [0.05, 0.1) is 29.9 Å². The molecule has 0 saturated heterocycles. The number of carbonyl (C=O) groups excluding carboxylic acids is 2. The molecule has 0 aliphatic heterocycles. The summed E-state index contributed by atoms with van der Waals surface area (Å²) in [6, 6.07) is 8.34. The molecule has 0 aliphatic carbocycles. The Hall–Kier alpha value is -3.33. The molecule has 0 bridgehead atoms. The molecule has 0 aromatic heterocycles. The summed E-state index contributed by atoms with van der Waals surface area (Å²) in [7, 11) is 2.77. The lowest BCUT2D eigenvalue weighted by atomic mass is 10.1. The first-order valence-electron chi connectivity index (χ1n) is 7.95. The number of rotatable bonds is 7. The molecule has 2 rings (SSSR count). The van der Waals surface area contributed by atoms with Crippen molar-refractivity contribution in [2.45, 2.75) is 13.0 Å². The van der Waals surface area contributed by atoms with Gasteiger partial charge in [0.1, 0.15) is 17.1 Å². The van der Waals surface area contributed by atoms with Crippen LogP contribution in [0.1, 0.15) is 17.3 Å². The third-order valence-corrected chi connectivity index (χ3v) is 4.02. The Morgan fingerprint density at radius 2 is 1.75 bits per heavy atom. The van der Waals surface area contributed by atoms with Crippen molar-refractivity contribution in [1.82, 2.24) is 0 Å². The van der Waals surface area contributed by atoms with Crippen LogP contribution in [0.4, 0.5) is 11.4 Å². The Kier molecular flexibility index (Phi) is 6.78. The van der Waals surface area contributed by atoms with Gasteiger partial charge in [0.15, 0.2) is 6.10 Å². The molecule has 0 saturated carbocycles. The predicted molar refractivity (Wildman–Crippen MR) is 101 cm³/mol. The van der Waals surface area contributed by atoms with Crippen LogP contribution >= 0.6 is 11.6 Å². The van der Waals surface area contributed by atoms with Crippen molar-refractivity contribution >= 4 is 34.9 Å². The van der Waals surface area contributed by atoms with Gasteiger partial charge in [-0.3, -0.25) is 14.9 Å². The Morgan fingerprint density at radius 3 is 2.25 bits per heavy atom. The number of hydrogen-bond donors (Lipinski definition) is 1. The molecule has 2 aromatic carbocycles.